The fourth-order valence-electron chi connectivity index (χ4n) is 3.97. The molecule has 3 heterocycles. The van der Waals surface area contributed by atoms with Gasteiger partial charge in [0.15, 0.2) is 0 Å². The number of nitriles is 1. The van der Waals surface area contributed by atoms with Crippen molar-refractivity contribution >= 4 is 23.3 Å². The SMILES string of the molecule is CCC(=O)N1CCc2cc(C(=O)N3CCN(c4cc(C#N)ccn4)CC3)ccc21. The zero-order valence-corrected chi connectivity index (χ0v) is 16.5. The topological polar surface area (TPSA) is 80.5 Å². The van der Waals surface area contributed by atoms with Gasteiger partial charge in [-0.3, -0.25) is 9.59 Å². The van der Waals surface area contributed by atoms with Crippen molar-refractivity contribution in [2.24, 2.45) is 0 Å². The zero-order valence-electron chi connectivity index (χ0n) is 16.5. The molecule has 4 rings (SSSR count). The Labute approximate surface area is 170 Å². The zero-order chi connectivity index (χ0) is 20.4. The lowest BCUT2D eigenvalue weighted by atomic mass is 10.1. The highest BCUT2D eigenvalue weighted by Crippen LogP contribution is 2.30. The number of pyridine rings is 1. The number of rotatable bonds is 3. The van der Waals surface area contributed by atoms with Gasteiger partial charge in [0.25, 0.3) is 5.91 Å². The van der Waals surface area contributed by atoms with Crippen molar-refractivity contribution in [3.05, 3.63) is 53.2 Å². The van der Waals surface area contributed by atoms with E-state index >= 15 is 0 Å². The molecule has 7 heteroatoms. The van der Waals surface area contributed by atoms with Crippen LogP contribution in [0.15, 0.2) is 36.5 Å². The van der Waals surface area contributed by atoms with Gasteiger partial charge in [-0.2, -0.15) is 5.26 Å². The van der Waals surface area contributed by atoms with Crippen molar-refractivity contribution < 1.29 is 9.59 Å². The Morgan fingerprint density at radius 1 is 1.10 bits per heavy atom. The molecule has 7 nitrogen and oxygen atoms in total. The molecule has 0 spiro atoms. The molecule has 148 valence electrons. The number of carbonyl (C=O) groups is 2. The van der Waals surface area contributed by atoms with E-state index in [9.17, 15) is 9.59 Å². The van der Waals surface area contributed by atoms with E-state index in [1.807, 2.05) is 34.9 Å². The van der Waals surface area contributed by atoms with Crippen molar-refractivity contribution in [1.82, 2.24) is 9.88 Å². The molecule has 0 unspecified atom stereocenters. The molecule has 0 aliphatic carbocycles. The van der Waals surface area contributed by atoms with Crippen LogP contribution < -0.4 is 9.80 Å². The summed E-state index contributed by atoms with van der Waals surface area (Å²) in [6, 6.07) is 11.3. The maximum absolute atomic E-state index is 13.0. The van der Waals surface area contributed by atoms with Gasteiger partial charge in [0, 0.05) is 56.6 Å². The summed E-state index contributed by atoms with van der Waals surface area (Å²) in [5.41, 5.74) is 3.25. The van der Waals surface area contributed by atoms with Gasteiger partial charge in [-0.1, -0.05) is 6.92 Å². The molecule has 0 N–H and O–H groups in total. The Bertz CT molecular complexity index is 989. The molecule has 0 radical (unpaired) electrons. The quantitative estimate of drug-likeness (QED) is 0.804. The normalized spacial score (nSPS) is 15.8. The van der Waals surface area contributed by atoms with Gasteiger partial charge in [0.05, 0.1) is 11.6 Å². The standard InChI is InChI=1S/C22H23N5O2/c1-2-21(28)27-8-6-17-14-18(3-4-19(17)27)22(29)26-11-9-25(10-12-26)20-13-16(15-23)5-7-24-20/h3-5,7,13-14H,2,6,8-12H2,1H3. The fraction of sp³-hybridized carbons (Fsp3) is 0.364. The van der Waals surface area contributed by atoms with Crippen molar-refractivity contribution in [3.63, 3.8) is 0 Å². The average molecular weight is 389 g/mol. The first-order valence-corrected chi connectivity index (χ1v) is 9.94. The number of piperazine rings is 1. The van der Waals surface area contributed by atoms with Crippen LogP contribution >= 0.6 is 0 Å². The molecule has 2 aromatic rings. The first kappa shape index (κ1) is 18.9. The minimum absolute atomic E-state index is 0.0199. The number of anilines is 2. The van der Waals surface area contributed by atoms with E-state index in [2.05, 4.69) is 16.0 Å². The van der Waals surface area contributed by atoms with E-state index in [0.717, 1.165) is 23.5 Å². The number of aromatic nitrogens is 1. The number of benzene rings is 1. The van der Waals surface area contributed by atoms with Crippen molar-refractivity contribution in [3.8, 4) is 6.07 Å². The molecule has 0 saturated carbocycles. The van der Waals surface area contributed by atoms with E-state index < -0.39 is 0 Å². The van der Waals surface area contributed by atoms with Crippen molar-refractivity contribution in [2.75, 3.05) is 42.5 Å². The summed E-state index contributed by atoms with van der Waals surface area (Å²) in [4.78, 5) is 35.1. The number of carbonyl (C=O) groups excluding carboxylic acids is 2. The summed E-state index contributed by atoms with van der Waals surface area (Å²) in [5.74, 6) is 0.911. The molecule has 0 atom stereocenters. The second-order valence-electron chi connectivity index (χ2n) is 7.29. The van der Waals surface area contributed by atoms with Gasteiger partial charge in [0.1, 0.15) is 5.82 Å². The Hall–Kier alpha value is -3.40. The maximum Gasteiger partial charge on any atom is 0.253 e. The third-order valence-electron chi connectivity index (χ3n) is 5.59. The number of fused-ring (bicyclic) bond motifs is 1. The largest absolute Gasteiger partial charge is 0.353 e. The highest BCUT2D eigenvalue weighted by Gasteiger charge is 2.27. The monoisotopic (exact) mass is 389 g/mol. The van der Waals surface area contributed by atoms with Crippen LogP contribution in [0.2, 0.25) is 0 Å². The van der Waals surface area contributed by atoms with Gasteiger partial charge < -0.3 is 14.7 Å². The minimum atomic E-state index is 0.0199. The van der Waals surface area contributed by atoms with Crippen molar-refractivity contribution in [1.29, 1.82) is 5.26 Å². The predicted molar refractivity (Wildman–Crippen MR) is 110 cm³/mol. The molecule has 2 aliphatic heterocycles. The van der Waals surface area contributed by atoms with Gasteiger partial charge >= 0.3 is 0 Å². The average Bonchev–Trinajstić information content (AvgIpc) is 3.21. The molecule has 1 aromatic carbocycles. The smallest absolute Gasteiger partial charge is 0.253 e. The third-order valence-corrected chi connectivity index (χ3v) is 5.59. The third kappa shape index (κ3) is 3.66. The summed E-state index contributed by atoms with van der Waals surface area (Å²) in [5, 5.41) is 9.06. The number of amides is 2. The van der Waals surface area contributed by atoms with Gasteiger partial charge in [-0.05, 0) is 42.3 Å². The minimum Gasteiger partial charge on any atom is -0.353 e. The van der Waals surface area contributed by atoms with Gasteiger partial charge in [-0.15, -0.1) is 0 Å². The van der Waals surface area contributed by atoms with E-state index in [-0.39, 0.29) is 11.8 Å². The van der Waals surface area contributed by atoms with Crippen LogP contribution in [-0.4, -0.2) is 54.4 Å². The van der Waals surface area contributed by atoms with E-state index in [1.165, 1.54) is 0 Å². The van der Waals surface area contributed by atoms with Crippen LogP contribution in [-0.2, 0) is 11.2 Å². The summed E-state index contributed by atoms with van der Waals surface area (Å²) < 4.78 is 0. The second kappa shape index (κ2) is 7.92. The molecule has 1 fully saturated rings. The molecule has 1 aromatic heterocycles. The van der Waals surface area contributed by atoms with Gasteiger partial charge in [-0.25, -0.2) is 4.98 Å². The molecule has 2 amide bonds. The molecule has 2 aliphatic rings. The maximum atomic E-state index is 13.0. The molecular formula is C22H23N5O2. The second-order valence-corrected chi connectivity index (χ2v) is 7.29. The van der Waals surface area contributed by atoms with Crippen molar-refractivity contribution in [2.45, 2.75) is 19.8 Å². The summed E-state index contributed by atoms with van der Waals surface area (Å²) in [6.07, 6.45) is 2.91. The Balaban J connectivity index is 1.43. The van der Waals surface area contributed by atoms with Gasteiger partial charge in [0.2, 0.25) is 5.91 Å². The Morgan fingerprint density at radius 3 is 2.62 bits per heavy atom. The Kier molecular flexibility index (Phi) is 5.17. The van der Waals surface area contributed by atoms with E-state index in [0.29, 0.717) is 50.3 Å². The summed E-state index contributed by atoms with van der Waals surface area (Å²) in [6.45, 7) is 5.12. The fourth-order valence-corrected chi connectivity index (χ4v) is 3.97. The van der Waals surface area contributed by atoms with E-state index in [4.69, 9.17) is 5.26 Å². The highest BCUT2D eigenvalue weighted by molar-refractivity contribution is 5.98. The number of hydrogen-bond donors (Lipinski definition) is 0. The van der Waals surface area contributed by atoms with Crippen LogP contribution in [0.5, 0.6) is 0 Å². The van der Waals surface area contributed by atoms with Crippen LogP contribution in [0.25, 0.3) is 0 Å². The highest BCUT2D eigenvalue weighted by atomic mass is 16.2. The predicted octanol–water partition coefficient (Wildman–Crippen LogP) is 2.21. The van der Waals surface area contributed by atoms with Crippen LogP contribution in [0.1, 0.15) is 34.8 Å². The molecule has 0 bridgehead atoms. The molecule has 29 heavy (non-hydrogen) atoms. The van der Waals surface area contributed by atoms with Crippen LogP contribution in [0.3, 0.4) is 0 Å². The van der Waals surface area contributed by atoms with Crippen LogP contribution in [0, 0.1) is 11.3 Å². The lowest BCUT2D eigenvalue weighted by molar-refractivity contribution is -0.118. The summed E-state index contributed by atoms with van der Waals surface area (Å²) >= 11 is 0. The number of hydrogen-bond acceptors (Lipinski definition) is 5. The molecular weight excluding hydrogens is 366 g/mol. The molecule has 1 saturated heterocycles. The van der Waals surface area contributed by atoms with Crippen LogP contribution in [0.4, 0.5) is 11.5 Å². The van der Waals surface area contributed by atoms with E-state index in [1.54, 1.807) is 18.3 Å². The first-order valence-electron chi connectivity index (χ1n) is 9.94. The first-order chi connectivity index (χ1) is 14.1. The lowest BCUT2D eigenvalue weighted by Gasteiger charge is -2.35. The number of nitrogens with zero attached hydrogens (tertiary/aromatic N) is 5. The summed E-state index contributed by atoms with van der Waals surface area (Å²) in [7, 11) is 0. The Morgan fingerprint density at radius 2 is 1.90 bits per heavy atom. The lowest BCUT2D eigenvalue weighted by Crippen LogP contribution is -2.49.